The van der Waals surface area contributed by atoms with Crippen LogP contribution >= 0.6 is 11.8 Å². The number of aromatic nitrogens is 5. The quantitative estimate of drug-likeness (QED) is 0.340. The lowest BCUT2D eigenvalue weighted by Crippen LogP contribution is -2.28. The molecule has 0 saturated carbocycles. The lowest BCUT2D eigenvalue weighted by atomic mass is 10.2. The second-order valence-corrected chi connectivity index (χ2v) is 6.29. The molecule has 2 aromatic heterocycles. The van der Waals surface area contributed by atoms with Gasteiger partial charge < -0.3 is 10.1 Å². The van der Waals surface area contributed by atoms with Crippen LogP contribution < -0.4 is 10.9 Å². The first-order valence-electron chi connectivity index (χ1n) is 7.96. The van der Waals surface area contributed by atoms with Gasteiger partial charge in [0.25, 0.3) is 5.56 Å². The van der Waals surface area contributed by atoms with Crippen molar-refractivity contribution in [2.45, 2.75) is 11.6 Å². The number of para-hydroxylation sites is 1. The Kier molecular flexibility index (Phi) is 5.97. The summed E-state index contributed by atoms with van der Waals surface area (Å²) < 4.78 is 6.27. The van der Waals surface area contributed by atoms with E-state index in [2.05, 4.69) is 25.5 Å². The minimum absolute atomic E-state index is 0.131. The normalized spacial score (nSPS) is 11.0. The van der Waals surface area contributed by atoms with Crippen molar-refractivity contribution in [3.8, 4) is 5.95 Å². The van der Waals surface area contributed by atoms with Crippen LogP contribution in [0.25, 0.3) is 16.9 Å². The summed E-state index contributed by atoms with van der Waals surface area (Å²) in [5, 5.41) is 10.1. The van der Waals surface area contributed by atoms with Gasteiger partial charge in [-0.05, 0) is 18.6 Å². The third-order valence-corrected chi connectivity index (χ3v) is 4.48. The Hall–Kier alpha value is -2.72. The fourth-order valence-corrected chi connectivity index (χ4v) is 3.15. The maximum Gasteiger partial charge on any atom is 0.269 e. The Balaban J connectivity index is 1.84. The van der Waals surface area contributed by atoms with Gasteiger partial charge >= 0.3 is 0 Å². The molecule has 26 heavy (non-hydrogen) atoms. The van der Waals surface area contributed by atoms with Crippen LogP contribution in [0.1, 0.15) is 6.42 Å². The molecular formula is C16H18N6O3S. The largest absolute Gasteiger partial charge is 0.385 e. The Bertz CT molecular complexity index is 941. The zero-order valence-electron chi connectivity index (χ0n) is 14.1. The summed E-state index contributed by atoms with van der Waals surface area (Å²) in [6.07, 6.45) is 2.05. The van der Waals surface area contributed by atoms with Crippen LogP contribution in [-0.2, 0) is 9.53 Å². The maximum absolute atomic E-state index is 12.8. The number of nitrogens with one attached hydrogen (secondary N) is 2. The third-order valence-electron chi connectivity index (χ3n) is 3.54. The molecule has 10 heteroatoms. The van der Waals surface area contributed by atoms with Gasteiger partial charge in [-0.2, -0.15) is 10.1 Å². The van der Waals surface area contributed by atoms with Gasteiger partial charge in [-0.25, -0.2) is 14.6 Å². The molecule has 2 N–H and O–H groups in total. The van der Waals surface area contributed by atoms with Crippen LogP contribution in [0.3, 0.4) is 0 Å². The monoisotopic (exact) mass is 374 g/mol. The number of aromatic amines is 1. The molecule has 0 unspecified atom stereocenters. The standard InChI is InChI=1S/C16H18N6O3S/c1-25-8-4-7-17-13(23)9-26-16-20-12-6-3-2-5-11(12)14(24)22(16)15-18-10-19-21-15/h2-3,5-6,10H,4,7-9H2,1H3,(H,17,23)(H,18,19,21). The average molecular weight is 374 g/mol. The fraction of sp³-hybridized carbons (Fsp3) is 0.312. The molecule has 0 aliphatic carbocycles. The average Bonchev–Trinajstić information content (AvgIpc) is 3.18. The van der Waals surface area contributed by atoms with Crippen molar-refractivity contribution < 1.29 is 9.53 Å². The van der Waals surface area contributed by atoms with Crippen LogP contribution in [0.5, 0.6) is 0 Å². The molecule has 0 aliphatic heterocycles. The summed E-state index contributed by atoms with van der Waals surface area (Å²) in [5.41, 5.74) is 0.298. The molecule has 1 aromatic carbocycles. The van der Waals surface area contributed by atoms with Gasteiger partial charge in [-0.1, -0.05) is 23.9 Å². The van der Waals surface area contributed by atoms with Gasteiger partial charge in [0, 0.05) is 20.3 Å². The zero-order valence-corrected chi connectivity index (χ0v) is 15.0. The lowest BCUT2D eigenvalue weighted by Gasteiger charge is -2.10. The zero-order chi connectivity index (χ0) is 18.4. The molecule has 0 fully saturated rings. The van der Waals surface area contributed by atoms with Crippen molar-refractivity contribution in [2.75, 3.05) is 26.0 Å². The minimum atomic E-state index is -0.268. The van der Waals surface area contributed by atoms with Gasteiger partial charge in [0.15, 0.2) is 5.16 Å². The molecular weight excluding hydrogens is 356 g/mol. The highest BCUT2D eigenvalue weighted by atomic mass is 32.2. The maximum atomic E-state index is 12.8. The SMILES string of the molecule is COCCCNC(=O)CSc1nc2ccccc2c(=O)n1-c1ncn[nH]1. The highest BCUT2D eigenvalue weighted by Gasteiger charge is 2.16. The van der Waals surface area contributed by atoms with Gasteiger partial charge in [0.2, 0.25) is 11.9 Å². The van der Waals surface area contributed by atoms with Crippen LogP contribution in [0.4, 0.5) is 0 Å². The van der Waals surface area contributed by atoms with E-state index in [0.717, 1.165) is 6.42 Å². The number of rotatable bonds is 8. The molecule has 0 spiro atoms. The van der Waals surface area contributed by atoms with Gasteiger partial charge in [-0.3, -0.25) is 9.59 Å². The van der Waals surface area contributed by atoms with Gasteiger partial charge in [-0.15, -0.1) is 0 Å². The number of carbonyl (C=O) groups excluding carboxylic acids is 1. The highest BCUT2D eigenvalue weighted by molar-refractivity contribution is 7.99. The molecule has 0 atom stereocenters. The number of hydrogen-bond donors (Lipinski definition) is 2. The number of H-pyrrole nitrogens is 1. The second-order valence-electron chi connectivity index (χ2n) is 5.35. The predicted molar refractivity (Wildman–Crippen MR) is 97.5 cm³/mol. The number of benzene rings is 1. The van der Waals surface area contributed by atoms with E-state index in [1.165, 1.54) is 22.7 Å². The first-order valence-corrected chi connectivity index (χ1v) is 8.95. The molecule has 0 saturated heterocycles. The fourth-order valence-electron chi connectivity index (χ4n) is 2.33. The third kappa shape index (κ3) is 4.09. The van der Waals surface area contributed by atoms with Crippen molar-refractivity contribution >= 4 is 28.6 Å². The van der Waals surface area contributed by atoms with Gasteiger partial charge in [0.05, 0.1) is 16.7 Å². The van der Waals surface area contributed by atoms with E-state index >= 15 is 0 Å². The van der Waals surface area contributed by atoms with E-state index in [1.54, 1.807) is 25.3 Å². The number of nitrogens with zero attached hydrogens (tertiary/aromatic N) is 4. The van der Waals surface area contributed by atoms with Crippen LogP contribution in [0.15, 0.2) is 40.5 Å². The smallest absolute Gasteiger partial charge is 0.269 e. The van der Waals surface area contributed by atoms with Crippen LogP contribution in [-0.4, -0.2) is 56.7 Å². The lowest BCUT2D eigenvalue weighted by molar-refractivity contribution is -0.118. The van der Waals surface area contributed by atoms with E-state index in [4.69, 9.17) is 4.74 Å². The van der Waals surface area contributed by atoms with E-state index < -0.39 is 0 Å². The Labute approximate surface area is 153 Å². The molecule has 9 nitrogen and oxygen atoms in total. The van der Waals surface area contributed by atoms with Crippen LogP contribution in [0.2, 0.25) is 0 Å². The van der Waals surface area contributed by atoms with Crippen LogP contribution in [0, 0.1) is 0 Å². The predicted octanol–water partition coefficient (Wildman–Crippen LogP) is 0.749. The van der Waals surface area contributed by atoms with Crippen molar-refractivity contribution in [1.29, 1.82) is 0 Å². The van der Waals surface area contributed by atoms with E-state index in [9.17, 15) is 9.59 Å². The highest BCUT2D eigenvalue weighted by Crippen LogP contribution is 2.19. The number of ether oxygens (including phenoxy) is 1. The summed E-state index contributed by atoms with van der Waals surface area (Å²) in [4.78, 5) is 33.4. The molecule has 2 heterocycles. The summed E-state index contributed by atoms with van der Waals surface area (Å²) in [6.45, 7) is 1.12. The first kappa shape index (κ1) is 18.1. The van der Waals surface area contributed by atoms with Crippen molar-refractivity contribution in [2.24, 2.45) is 0 Å². The van der Waals surface area contributed by atoms with Crippen molar-refractivity contribution in [3.05, 3.63) is 40.9 Å². The molecule has 3 aromatic rings. The van der Waals surface area contributed by atoms with E-state index in [-0.39, 0.29) is 23.2 Å². The number of fused-ring (bicyclic) bond motifs is 1. The summed E-state index contributed by atoms with van der Waals surface area (Å²) in [5.74, 6) is 0.250. The summed E-state index contributed by atoms with van der Waals surface area (Å²) >= 11 is 1.17. The van der Waals surface area contributed by atoms with Crippen molar-refractivity contribution in [1.82, 2.24) is 30.0 Å². The number of carbonyl (C=O) groups is 1. The van der Waals surface area contributed by atoms with E-state index in [0.29, 0.717) is 29.2 Å². The first-order chi connectivity index (χ1) is 12.7. The summed E-state index contributed by atoms with van der Waals surface area (Å²) in [7, 11) is 1.62. The molecule has 0 bridgehead atoms. The van der Waals surface area contributed by atoms with E-state index in [1.807, 2.05) is 6.07 Å². The molecule has 0 radical (unpaired) electrons. The Morgan fingerprint density at radius 2 is 2.23 bits per heavy atom. The summed E-state index contributed by atoms with van der Waals surface area (Å²) in [6, 6.07) is 7.05. The number of hydrogen-bond acceptors (Lipinski definition) is 7. The number of methoxy groups -OCH3 is 1. The second kappa shape index (κ2) is 8.59. The Morgan fingerprint density at radius 3 is 3.00 bits per heavy atom. The number of thioether (sulfide) groups is 1. The Morgan fingerprint density at radius 1 is 1.38 bits per heavy atom. The van der Waals surface area contributed by atoms with Gasteiger partial charge in [0.1, 0.15) is 6.33 Å². The number of amides is 1. The molecule has 136 valence electrons. The minimum Gasteiger partial charge on any atom is -0.385 e. The molecule has 1 amide bonds. The molecule has 3 rings (SSSR count). The van der Waals surface area contributed by atoms with Crippen molar-refractivity contribution in [3.63, 3.8) is 0 Å². The molecule has 0 aliphatic rings. The topological polar surface area (TPSA) is 115 Å².